The molecule has 1 aliphatic heterocycles. The Kier molecular flexibility index (Phi) is 3.56. The van der Waals surface area contributed by atoms with Crippen LogP contribution >= 0.6 is 0 Å². The first-order valence-corrected chi connectivity index (χ1v) is 7.33. The quantitative estimate of drug-likeness (QED) is 0.788. The highest BCUT2D eigenvalue weighted by atomic mass is 15.2. The lowest BCUT2D eigenvalue weighted by Crippen LogP contribution is -2.25. The van der Waals surface area contributed by atoms with Gasteiger partial charge in [0.05, 0.1) is 17.1 Å². The number of nitrogens with zero attached hydrogens (tertiary/aromatic N) is 3. The van der Waals surface area contributed by atoms with E-state index in [0.717, 1.165) is 41.3 Å². The average Bonchev–Trinajstić information content (AvgIpc) is 2.71. The predicted molar refractivity (Wildman–Crippen MR) is 81.7 cm³/mol. The molecule has 20 heavy (non-hydrogen) atoms. The Hall–Kier alpha value is -2.08. The van der Waals surface area contributed by atoms with Gasteiger partial charge in [-0.2, -0.15) is 5.26 Å². The number of fused-ring (bicyclic) bond motifs is 1. The summed E-state index contributed by atoms with van der Waals surface area (Å²) in [4.78, 5) is 7.08. The SMILES string of the molecule is CC1CCCN(c2cc(C#N)c3ccccc3n2)CC1. The highest BCUT2D eigenvalue weighted by Gasteiger charge is 2.16. The molecule has 0 N–H and O–H groups in total. The van der Waals surface area contributed by atoms with Gasteiger partial charge >= 0.3 is 0 Å². The van der Waals surface area contributed by atoms with E-state index in [0.29, 0.717) is 0 Å². The van der Waals surface area contributed by atoms with Crippen molar-refractivity contribution in [3.63, 3.8) is 0 Å². The Morgan fingerprint density at radius 3 is 2.95 bits per heavy atom. The van der Waals surface area contributed by atoms with Gasteiger partial charge in [0, 0.05) is 18.5 Å². The molecule has 1 atom stereocenters. The minimum absolute atomic E-state index is 0.725. The van der Waals surface area contributed by atoms with Crippen LogP contribution in [0.2, 0.25) is 0 Å². The summed E-state index contributed by atoms with van der Waals surface area (Å²) in [5.74, 6) is 1.74. The first kappa shape index (κ1) is 12.9. The van der Waals surface area contributed by atoms with E-state index in [-0.39, 0.29) is 0 Å². The van der Waals surface area contributed by atoms with Crippen LogP contribution in [0.1, 0.15) is 31.7 Å². The maximum absolute atomic E-state index is 9.36. The lowest BCUT2D eigenvalue weighted by atomic mass is 10.0. The molecule has 0 saturated carbocycles. The Bertz CT molecular complexity index is 657. The molecule has 1 aliphatic rings. The fourth-order valence-electron chi connectivity index (χ4n) is 2.91. The molecule has 3 heteroatoms. The molecular weight excluding hydrogens is 246 g/mol. The van der Waals surface area contributed by atoms with Gasteiger partial charge in [0.2, 0.25) is 0 Å². The molecule has 3 rings (SSSR count). The summed E-state index contributed by atoms with van der Waals surface area (Å²) in [7, 11) is 0. The minimum atomic E-state index is 0.725. The molecule has 3 nitrogen and oxygen atoms in total. The fourth-order valence-corrected chi connectivity index (χ4v) is 2.91. The van der Waals surface area contributed by atoms with Crippen molar-refractivity contribution in [1.29, 1.82) is 5.26 Å². The number of pyridine rings is 1. The summed E-state index contributed by atoms with van der Waals surface area (Å²) in [6.07, 6.45) is 3.70. The van der Waals surface area contributed by atoms with Crippen LogP contribution in [0.3, 0.4) is 0 Å². The molecule has 0 radical (unpaired) electrons. The molecule has 2 aromatic rings. The molecule has 1 fully saturated rings. The van der Waals surface area contributed by atoms with Crippen LogP contribution in [0.4, 0.5) is 5.82 Å². The third-order valence-electron chi connectivity index (χ3n) is 4.16. The summed E-state index contributed by atoms with van der Waals surface area (Å²) in [5.41, 5.74) is 1.64. The van der Waals surface area contributed by atoms with E-state index in [1.54, 1.807) is 0 Å². The number of hydrogen-bond donors (Lipinski definition) is 0. The van der Waals surface area contributed by atoms with E-state index >= 15 is 0 Å². The summed E-state index contributed by atoms with van der Waals surface area (Å²) in [6.45, 7) is 4.40. The molecular formula is C17H19N3. The van der Waals surface area contributed by atoms with E-state index in [9.17, 15) is 5.26 Å². The lowest BCUT2D eigenvalue weighted by Gasteiger charge is -2.22. The van der Waals surface area contributed by atoms with Gasteiger partial charge in [0.25, 0.3) is 0 Å². The van der Waals surface area contributed by atoms with Crippen molar-refractivity contribution in [3.8, 4) is 6.07 Å². The molecule has 0 amide bonds. The van der Waals surface area contributed by atoms with Crippen LogP contribution in [0.25, 0.3) is 10.9 Å². The van der Waals surface area contributed by atoms with Gasteiger partial charge in [-0.15, -0.1) is 0 Å². The second-order valence-corrected chi connectivity index (χ2v) is 5.68. The van der Waals surface area contributed by atoms with Gasteiger partial charge < -0.3 is 4.90 Å². The Labute approximate surface area is 119 Å². The number of aromatic nitrogens is 1. The van der Waals surface area contributed by atoms with E-state index in [1.807, 2.05) is 30.3 Å². The fraction of sp³-hybridized carbons (Fsp3) is 0.412. The number of benzene rings is 1. The van der Waals surface area contributed by atoms with Crippen molar-refractivity contribution >= 4 is 16.7 Å². The molecule has 1 aromatic carbocycles. The van der Waals surface area contributed by atoms with E-state index in [1.165, 1.54) is 19.3 Å². The minimum Gasteiger partial charge on any atom is -0.357 e. The van der Waals surface area contributed by atoms with Crippen LogP contribution in [-0.4, -0.2) is 18.1 Å². The Balaban J connectivity index is 2.01. The topological polar surface area (TPSA) is 39.9 Å². The molecule has 1 unspecified atom stereocenters. The molecule has 1 aromatic heterocycles. The van der Waals surface area contributed by atoms with Crippen LogP contribution in [-0.2, 0) is 0 Å². The van der Waals surface area contributed by atoms with Gasteiger partial charge in [0.1, 0.15) is 5.82 Å². The first-order valence-electron chi connectivity index (χ1n) is 7.33. The maximum Gasteiger partial charge on any atom is 0.130 e. The second kappa shape index (κ2) is 5.50. The number of rotatable bonds is 1. The largest absolute Gasteiger partial charge is 0.357 e. The molecule has 0 aliphatic carbocycles. The molecule has 2 heterocycles. The van der Waals surface area contributed by atoms with Crippen molar-refractivity contribution in [2.45, 2.75) is 26.2 Å². The summed E-state index contributed by atoms with van der Waals surface area (Å²) < 4.78 is 0. The Morgan fingerprint density at radius 2 is 2.10 bits per heavy atom. The number of nitriles is 1. The van der Waals surface area contributed by atoms with E-state index < -0.39 is 0 Å². The van der Waals surface area contributed by atoms with Crippen LogP contribution in [0.15, 0.2) is 30.3 Å². The van der Waals surface area contributed by atoms with Gasteiger partial charge in [0.15, 0.2) is 0 Å². The highest BCUT2D eigenvalue weighted by molar-refractivity contribution is 5.86. The van der Waals surface area contributed by atoms with Gasteiger partial charge in [-0.05, 0) is 37.3 Å². The second-order valence-electron chi connectivity index (χ2n) is 5.68. The zero-order valence-electron chi connectivity index (χ0n) is 11.8. The van der Waals surface area contributed by atoms with Crippen molar-refractivity contribution in [2.24, 2.45) is 5.92 Å². The van der Waals surface area contributed by atoms with Crippen molar-refractivity contribution in [3.05, 3.63) is 35.9 Å². The normalized spacial score (nSPS) is 19.6. The van der Waals surface area contributed by atoms with Crippen LogP contribution < -0.4 is 4.90 Å². The average molecular weight is 265 g/mol. The van der Waals surface area contributed by atoms with Crippen molar-refractivity contribution < 1.29 is 0 Å². The molecule has 1 saturated heterocycles. The van der Waals surface area contributed by atoms with Gasteiger partial charge in [-0.3, -0.25) is 0 Å². The third kappa shape index (κ3) is 2.46. The number of anilines is 1. The molecule has 0 bridgehead atoms. The summed E-state index contributed by atoms with van der Waals surface area (Å²) in [5, 5.41) is 10.3. The summed E-state index contributed by atoms with van der Waals surface area (Å²) in [6, 6.07) is 12.1. The third-order valence-corrected chi connectivity index (χ3v) is 4.16. The van der Waals surface area contributed by atoms with Gasteiger partial charge in [-0.1, -0.05) is 25.1 Å². The van der Waals surface area contributed by atoms with E-state index in [2.05, 4.69) is 17.9 Å². The zero-order valence-corrected chi connectivity index (χ0v) is 11.8. The monoisotopic (exact) mass is 265 g/mol. The number of hydrogen-bond acceptors (Lipinski definition) is 3. The number of para-hydroxylation sites is 1. The highest BCUT2D eigenvalue weighted by Crippen LogP contribution is 2.25. The first-order chi connectivity index (χ1) is 9.78. The van der Waals surface area contributed by atoms with Crippen molar-refractivity contribution in [2.75, 3.05) is 18.0 Å². The maximum atomic E-state index is 9.36. The molecule has 102 valence electrons. The molecule has 0 spiro atoms. The Morgan fingerprint density at radius 1 is 1.25 bits per heavy atom. The zero-order chi connectivity index (χ0) is 13.9. The smallest absolute Gasteiger partial charge is 0.130 e. The van der Waals surface area contributed by atoms with E-state index in [4.69, 9.17) is 4.98 Å². The summed E-state index contributed by atoms with van der Waals surface area (Å²) >= 11 is 0. The van der Waals surface area contributed by atoms with Crippen molar-refractivity contribution in [1.82, 2.24) is 4.98 Å². The van der Waals surface area contributed by atoms with Crippen LogP contribution in [0, 0.1) is 17.2 Å². The van der Waals surface area contributed by atoms with Crippen LogP contribution in [0.5, 0.6) is 0 Å². The predicted octanol–water partition coefficient (Wildman–Crippen LogP) is 3.73. The van der Waals surface area contributed by atoms with Gasteiger partial charge in [-0.25, -0.2) is 4.98 Å². The lowest BCUT2D eigenvalue weighted by molar-refractivity contribution is 0.521. The standard InChI is InChI=1S/C17H19N3/c1-13-5-4-9-20(10-8-13)17-11-14(12-18)15-6-2-3-7-16(15)19-17/h2-3,6-7,11,13H,4-5,8-10H2,1H3.